The highest BCUT2D eigenvalue weighted by Crippen LogP contribution is 2.11. The normalized spacial score (nSPS) is 9.89. The fraction of sp³-hybridized carbons (Fsp3) is 0.154. The summed E-state index contributed by atoms with van der Waals surface area (Å²) in [5, 5.41) is 15.3. The van der Waals surface area contributed by atoms with Crippen molar-refractivity contribution in [2.75, 3.05) is 5.32 Å². The Bertz CT molecular complexity index is 612. The Morgan fingerprint density at radius 1 is 1.37 bits per heavy atom. The standard InChI is InChI=1S/C13H11BrN4O/c14-11-3-1-10(2-4-11)9-13(19)16-12-5-7-18(17-12)8-6-15/h1-5,7H,8-9H2,(H,16,17,19). The number of aromatic nitrogens is 2. The van der Waals surface area contributed by atoms with E-state index >= 15 is 0 Å². The molecule has 1 amide bonds. The number of carbonyl (C=O) groups excluding carboxylic acids is 1. The minimum Gasteiger partial charge on any atom is -0.309 e. The second-order valence-electron chi connectivity index (χ2n) is 3.91. The summed E-state index contributed by atoms with van der Waals surface area (Å²) in [5.74, 6) is 0.321. The van der Waals surface area contributed by atoms with Crippen molar-refractivity contribution in [2.24, 2.45) is 0 Å². The van der Waals surface area contributed by atoms with Crippen molar-refractivity contribution in [3.05, 3.63) is 46.6 Å². The van der Waals surface area contributed by atoms with Crippen LogP contribution in [0.2, 0.25) is 0 Å². The van der Waals surface area contributed by atoms with Gasteiger partial charge in [-0.2, -0.15) is 10.4 Å². The first-order valence-corrected chi connectivity index (χ1v) is 6.41. The minimum atomic E-state index is -0.135. The molecule has 96 valence electrons. The van der Waals surface area contributed by atoms with Gasteiger partial charge in [-0.3, -0.25) is 9.48 Å². The predicted octanol–water partition coefficient (Wildman–Crippen LogP) is 2.35. The van der Waals surface area contributed by atoms with E-state index < -0.39 is 0 Å². The van der Waals surface area contributed by atoms with Gasteiger partial charge in [-0.1, -0.05) is 28.1 Å². The van der Waals surface area contributed by atoms with Crippen LogP contribution >= 0.6 is 15.9 Å². The van der Waals surface area contributed by atoms with Crippen molar-refractivity contribution < 1.29 is 4.79 Å². The van der Waals surface area contributed by atoms with Crippen molar-refractivity contribution in [3.63, 3.8) is 0 Å². The molecule has 0 radical (unpaired) electrons. The Morgan fingerprint density at radius 2 is 2.11 bits per heavy atom. The molecule has 0 saturated carbocycles. The molecule has 5 nitrogen and oxygen atoms in total. The van der Waals surface area contributed by atoms with Gasteiger partial charge in [0.2, 0.25) is 5.91 Å². The largest absolute Gasteiger partial charge is 0.309 e. The lowest BCUT2D eigenvalue weighted by Crippen LogP contribution is -2.15. The van der Waals surface area contributed by atoms with Crippen molar-refractivity contribution in [3.8, 4) is 6.07 Å². The minimum absolute atomic E-state index is 0.135. The van der Waals surface area contributed by atoms with Crippen molar-refractivity contribution in [1.82, 2.24) is 9.78 Å². The van der Waals surface area contributed by atoms with Crippen molar-refractivity contribution in [2.45, 2.75) is 13.0 Å². The number of carbonyl (C=O) groups is 1. The number of nitriles is 1. The summed E-state index contributed by atoms with van der Waals surface area (Å²) in [4.78, 5) is 11.8. The molecule has 0 unspecified atom stereocenters. The molecule has 1 aromatic carbocycles. The van der Waals surface area contributed by atoms with Crippen LogP contribution in [-0.2, 0) is 17.8 Å². The number of rotatable bonds is 4. The number of amides is 1. The highest BCUT2D eigenvalue weighted by Gasteiger charge is 2.06. The summed E-state index contributed by atoms with van der Waals surface area (Å²) < 4.78 is 2.45. The van der Waals surface area contributed by atoms with Gasteiger partial charge in [0.1, 0.15) is 6.54 Å². The van der Waals surface area contributed by atoms with E-state index in [1.165, 1.54) is 4.68 Å². The molecule has 0 aliphatic heterocycles. The SMILES string of the molecule is N#CCn1ccc(NC(=O)Cc2ccc(Br)cc2)n1. The van der Waals surface area contributed by atoms with Gasteiger partial charge in [0, 0.05) is 16.7 Å². The third-order valence-electron chi connectivity index (χ3n) is 2.42. The molecule has 0 bridgehead atoms. The van der Waals surface area contributed by atoms with Crippen LogP contribution in [0.15, 0.2) is 41.0 Å². The lowest BCUT2D eigenvalue weighted by molar-refractivity contribution is -0.115. The number of hydrogen-bond donors (Lipinski definition) is 1. The Balaban J connectivity index is 1.93. The summed E-state index contributed by atoms with van der Waals surface area (Å²) in [6, 6.07) is 11.2. The molecule has 1 heterocycles. The number of benzene rings is 1. The molecule has 0 fully saturated rings. The van der Waals surface area contributed by atoms with E-state index in [4.69, 9.17) is 5.26 Å². The molecule has 0 aliphatic rings. The third kappa shape index (κ3) is 3.93. The number of anilines is 1. The number of hydrogen-bond acceptors (Lipinski definition) is 3. The smallest absolute Gasteiger partial charge is 0.229 e. The van der Waals surface area contributed by atoms with E-state index in [1.807, 2.05) is 30.3 Å². The second-order valence-corrected chi connectivity index (χ2v) is 4.82. The highest BCUT2D eigenvalue weighted by molar-refractivity contribution is 9.10. The molecule has 1 aromatic heterocycles. The van der Waals surface area contributed by atoms with Crippen LogP contribution in [0.1, 0.15) is 5.56 Å². The molecule has 0 saturated heterocycles. The van der Waals surface area contributed by atoms with Gasteiger partial charge in [0.15, 0.2) is 5.82 Å². The van der Waals surface area contributed by atoms with Gasteiger partial charge in [-0.25, -0.2) is 0 Å². The van der Waals surface area contributed by atoms with E-state index in [0.717, 1.165) is 10.0 Å². The van der Waals surface area contributed by atoms with E-state index in [2.05, 4.69) is 26.3 Å². The van der Waals surface area contributed by atoms with Crippen LogP contribution < -0.4 is 5.32 Å². The van der Waals surface area contributed by atoms with Crippen molar-refractivity contribution >= 4 is 27.7 Å². The summed E-state index contributed by atoms with van der Waals surface area (Å²) >= 11 is 3.34. The first-order valence-electron chi connectivity index (χ1n) is 5.62. The monoisotopic (exact) mass is 318 g/mol. The first-order chi connectivity index (χ1) is 9.17. The molecule has 6 heteroatoms. The van der Waals surface area contributed by atoms with E-state index in [-0.39, 0.29) is 12.5 Å². The molecule has 1 N–H and O–H groups in total. The molecule has 0 aliphatic carbocycles. The van der Waals surface area contributed by atoms with Gasteiger partial charge in [-0.05, 0) is 17.7 Å². The average Bonchev–Trinajstić information content (AvgIpc) is 2.80. The van der Waals surface area contributed by atoms with Gasteiger partial charge >= 0.3 is 0 Å². The van der Waals surface area contributed by atoms with Crippen LogP contribution in [0, 0.1) is 11.3 Å². The summed E-state index contributed by atoms with van der Waals surface area (Å²) in [5.41, 5.74) is 0.928. The fourth-order valence-corrected chi connectivity index (χ4v) is 1.83. The number of nitrogens with zero attached hydrogens (tertiary/aromatic N) is 3. The zero-order valence-corrected chi connectivity index (χ0v) is 11.6. The number of nitrogens with one attached hydrogen (secondary N) is 1. The Labute approximate surface area is 119 Å². The predicted molar refractivity (Wildman–Crippen MR) is 74.3 cm³/mol. The highest BCUT2D eigenvalue weighted by atomic mass is 79.9. The molecule has 19 heavy (non-hydrogen) atoms. The zero-order chi connectivity index (χ0) is 13.7. The summed E-state index contributed by atoms with van der Waals surface area (Å²) in [6.07, 6.45) is 1.94. The quantitative estimate of drug-likeness (QED) is 0.940. The van der Waals surface area contributed by atoms with Gasteiger partial charge in [0.05, 0.1) is 12.5 Å². The van der Waals surface area contributed by atoms with Crippen LogP contribution in [-0.4, -0.2) is 15.7 Å². The van der Waals surface area contributed by atoms with Crippen LogP contribution in [0.4, 0.5) is 5.82 Å². The Morgan fingerprint density at radius 3 is 2.79 bits per heavy atom. The maximum absolute atomic E-state index is 11.8. The van der Waals surface area contributed by atoms with Crippen LogP contribution in [0.5, 0.6) is 0 Å². The number of halogens is 1. The molecular weight excluding hydrogens is 308 g/mol. The van der Waals surface area contributed by atoms with E-state index in [1.54, 1.807) is 12.3 Å². The average molecular weight is 319 g/mol. The van der Waals surface area contributed by atoms with Gasteiger partial charge in [-0.15, -0.1) is 0 Å². The second kappa shape index (κ2) is 6.16. The zero-order valence-electron chi connectivity index (χ0n) is 10.0. The molecule has 2 rings (SSSR count). The maximum atomic E-state index is 11.8. The lowest BCUT2D eigenvalue weighted by atomic mass is 10.1. The third-order valence-corrected chi connectivity index (χ3v) is 2.95. The van der Waals surface area contributed by atoms with E-state index in [9.17, 15) is 4.79 Å². The van der Waals surface area contributed by atoms with Crippen molar-refractivity contribution in [1.29, 1.82) is 5.26 Å². The first kappa shape index (κ1) is 13.3. The molecule has 0 atom stereocenters. The lowest BCUT2D eigenvalue weighted by Gasteiger charge is -2.02. The van der Waals surface area contributed by atoms with Crippen LogP contribution in [0.3, 0.4) is 0 Å². The molecular formula is C13H11BrN4O. The van der Waals surface area contributed by atoms with E-state index in [0.29, 0.717) is 12.2 Å². The summed E-state index contributed by atoms with van der Waals surface area (Å²) in [7, 11) is 0. The fourth-order valence-electron chi connectivity index (χ4n) is 1.56. The topological polar surface area (TPSA) is 70.7 Å². The summed E-state index contributed by atoms with van der Waals surface area (Å²) in [6.45, 7) is 0.169. The maximum Gasteiger partial charge on any atom is 0.229 e. The van der Waals surface area contributed by atoms with Gasteiger partial charge < -0.3 is 5.32 Å². The van der Waals surface area contributed by atoms with Crippen LogP contribution in [0.25, 0.3) is 0 Å². The molecule has 2 aromatic rings. The Kier molecular flexibility index (Phi) is 4.31. The van der Waals surface area contributed by atoms with Gasteiger partial charge in [0.25, 0.3) is 0 Å². The molecule has 0 spiro atoms. The Hall–Kier alpha value is -2.13.